The molecule has 11 heteroatoms. The van der Waals surface area contributed by atoms with E-state index in [4.69, 9.17) is 21.1 Å². The number of ether oxygens (including phenoxy) is 2. The van der Waals surface area contributed by atoms with Crippen LogP contribution < -0.4 is 56.1 Å². The van der Waals surface area contributed by atoms with Crippen LogP contribution in [-0.2, 0) is 19.3 Å². The van der Waals surface area contributed by atoms with E-state index in [1.165, 1.54) is 0 Å². The first kappa shape index (κ1) is 23.1. The fourth-order valence-electron chi connectivity index (χ4n) is 1.40. The van der Waals surface area contributed by atoms with Gasteiger partial charge in [-0.2, -0.15) is 14.6 Å². The molecule has 0 radical (unpaired) electrons. The number of hydrogen-bond acceptors (Lipinski definition) is 5. The monoisotopic (exact) mass is 376 g/mol. The number of methoxy groups -OCH3 is 1. The standard InChI is InChI=1S/C12H10ClO2.BF3O3.K/c1-14-8-15-10-5-6-11-9(7-10)3-2-4-12(11)13;2-5-1(6-3)7-4;/h2-5,7H,8H2,1H3;;/q-1;;+1. The summed E-state index contributed by atoms with van der Waals surface area (Å²) in [7, 11) is -0.929. The summed E-state index contributed by atoms with van der Waals surface area (Å²) >= 11 is 6.02. The van der Waals surface area contributed by atoms with Crippen LogP contribution in [0.1, 0.15) is 0 Å². The van der Waals surface area contributed by atoms with Crippen LogP contribution in [0.25, 0.3) is 10.8 Å². The van der Waals surface area contributed by atoms with Gasteiger partial charge in [0.25, 0.3) is 0 Å². The van der Waals surface area contributed by atoms with Crippen molar-refractivity contribution in [3.63, 3.8) is 0 Å². The molecule has 23 heavy (non-hydrogen) atoms. The van der Waals surface area contributed by atoms with Gasteiger partial charge in [-0.3, -0.25) is 0 Å². The van der Waals surface area contributed by atoms with Crippen LogP contribution in [0, 0.1) is 6.07 Å². The van der Waals surface area contributed by atoms with Gasteiger partial charge >= 0.3 is 58.7 Å². The van der Waals surface area contributed by atoms with Crippen LogP contribution >= 0.6 is 11.6 Å². The molecule has 5 nitrogen and oxygen atoms in total. The molecule has 0 aromatic heterocycles. The molecule has 2 rings (SSSR count). The van der Waals surface area contributed by atoms with Crippen molar-refractivity contribution < 1.29 is 89.0 Å². The molecule has 2 aromatic rings. The van der Waals surface area contributed by atoms with Gasteiger partial charge in [0.15, 0.2) is 6.79 Å². The third-order valence-corrected chi connectivity index (χ3v) is 2.58. The van der Waals surface area contributed by atoms with E-state index >= 15 is 0 Å². The van der Waals surface area contributed by atoms with Crippen LogP contribution in [0.2, 0.25) is 5.02 Å². The second-order valence-corrected chi connectivity index (χ2v) is 4.05. The fraction of sp³-hybridized carbons (Fsp3) is 0.167. The van der Waals surface area contributed by atoms with Crippen molar-refractivity contribution in [1.82, 2.24) is 0 Å². The summed E-state index contributed by atoms with van der Waals surface area (Å²) in [5.41, 5.74) is 0. The maximum Gasteiger partial charge on any atom is 1.00 e. The van der Waals surface area contributed by atoms with Gasteiger partial charge in [-0.25, -0.2) is 0 Å². The molecule has 0 fully saturated rings. The average Bonchev–Trinajstić information content (AvgIpc) is 2.55. The topological polar surface area (TPSA) is 46.2 Å². The molecule has 0 unspecified atom stereocenters. The zero-order valence-electron chi connectivity index (χ0n) is 12.2. The molecule has 0 heterocycles. The van der Waals surface area contributed by atoms with Gasteiger partial charge in [-0.1, -0.05) is 37.8 Å². The van der Waals surface area contributed by atoms with Crippen molar-refractivity contribution in [3.8, 4) is 5.75 Å². The van der Waals surface area contributed by atoms with E-state index in [0.29, 0.717) is 5.02 Å². The van der Waals surface area contributed by atoms with Crippen molar-refractivity contribution in [2.24, 2.45) is 0 Å². The number of benzene rings is 2. The van der Waals surface area contributed by atoms with Gasteiger partial charge < -0.3 is 9.47 Å². The number of fused-ring (bicyclic) bond motifs is 1. The molecule has 0 aliphatic rings. The van der Waals surface area contributed by atoms with Crippen molar-refractivity contribution in [3.05, 3.63) is 41.4 Å². The predicted molar refractivity (Wildman–Crippen MR) is 72.6 cm³/mol. The summed E-state index contributed by atoms with van der Waals surface area (Å²) in [4.78, 5) is 7.06. The minimum absolute atomic E-state index is 0. The van der Waals surface area contributed by atoms with Gasteiger partial charge in [0.05, 0.1) is 0 Å². The minimum atomic E-state index is -2.51. The molecule has 0 amide bonds. The number of halogens is 4. The second kappa shape index (κ2) is 13.4. The summed E-state index contributed by atoms with van der Waals surface area (Å²) in [5, 5.41) is 2.62. The number of hydrogen-bond donors (Lipinski definition) is 0. The Bertz CT molecular complexity index is 574. The molecule has 2 aromatic carbocycles. The molecule has 0 aliphatic heterocycles. The molecule has 0 spiro atoms. The molecule has 120 valence electrons. The van der Waals surface area contributed by atoms with E-state index in [2.05, 4.69) is 20.6 Å². The number of rotatable bonds is 6. The zero-order chi connectivity index (χ0) is 16.4. The summed E-state index contributed by atoms with van der Waals surface area (Å²) in [6.07, 6.45) is 0. The normalized spacial score (nSPS) is 9.61. The Morgan fingerprint density at radius 3 is 2.35 bits per heavy atom. The Labute approximate surface area is 178 Å². The molecule has 0 saturated carbocycles. The van der Waals surface area contributed by atoms with Crippen LogP contribution in [0.3, 0.4) is 0 Å². The Kier molecular flexibility index (Phi) is 13.5. The summed E-state index contributed by atoms with van der Waals surface area (Å²) < 4.78 is 41.4. The molecule has 0 N–H and O–H groups in total. The smallest absolute Gasteiger partial charge is 0.513 e. The van der Waals surface area contributed by atoms with E-state index in [-0.39, 0.29) is 58.2 Å². The quantitative estimate of drug-likeness (QED) is 0.427. The van der Waals surface area contributed by atoms with Gasteiger partial charge in [-0.15, -0.1) is 34.5 Å². The second-order valence-electron chi connectivity index (χ2n) is 3.65. The van der Waals surface area contributed by atoms with E-state index in [0.717, 1.165) is 16.5 Å². The van der Waals surface area contributed by atoms with Crippen molar-refractivity contribution in [2.45, 2.75) is 0 Å². The molecule has 0 bridgehead atoms. The van der Waals surface area contributed by atoms with Gasteiger partial charge in [0.2, 0.25) is 0 Å². The Hall–Kier alpha value is 0.121. The third-order valence-electron chi connectivity index (χ3n) is 2.26. The Morgan fingerprint density at radius 2 is 1.83 bits per heavy atom. The molecular weight excluding hydrogens is 366 g/mol. The van der Waals surface area contributed by atoms with Crippen LogP contribution in [0.15, 0.2) is 30.3 Å². The van der Waals surface area contributed by atoms with Crippen molar-refractivity contribution >= 4 is 29.7 Å². The van der Waals surface area contributed by atoms with Crippen LogP contribution in [-0.4, -0.2) is 21.2 Å². The van der Waals surface area contributed by atoms with Crippen LogP contribution in [0.5, 0.6) is 5.75 Å². The average molecular weight is 377 g/mol. The Morgan fingerprint density at radius 1 is 1.17 bits per heavy atom. The summed E-state index contributed by atoms with van der Waals surface area (Å²) in [5.74, 6) is 0.728. The zero-order valence-corrected chi connectivity index (χ0v) is 16.1. The molecular formula is C12H10BClF3KO5. The van der Waals surface area contributed by atoms with Gasteiger partial charge in [0, 0.05) is 12.9 Å². The largest absolute Gasteiger partial charge is 1.00 e. The first-order valence-electron chi connectivity index (χ1n) is 5.70. The van der Waals surface area contributed by atoms with E-state index in [1.807, 2.05) is 24.3 Å². The first-order chi connectivity index (χ1) is 10.7. The van der Waals surface area contributed by atoms with Crippen molar-refractivity contribution in [1.29, 1.82) is 0 Å². The van der Waals surface area contributed by atoms with E-state index in [9.17, 15) is 13.6 Å². The molecule has 0 aliphatic carbocycles. The van der Waals surface area contributed by atoms with Crippen LogP contribution in [0.4, 0.5) is 13.6 Å². The van der Waals surface area contributed by atoms with Gasteiger partial charge in [0.1, 0.15) is 0 Å². The predicted octanol–water partition coefficient (Wildman–Crippen LogP) is 0.955. The first-order valence-corrected chi connectivity index (χ1v) is 6.08. The summed E-state index contributed by atoms with van der Waals surface area (Å²) in [6.45, 7) is 0.236. The minimum Gasteiger partial charge on any atom is -0.513 e. The van der Waals surface area contributed by atoms with Crippen molar-refractivity contribution in [2.75, 3.05) is 13.9 Å². The fourth-order valence-corrected chi connectivity index (χ4v) is 1.64. The molecule has 0 saturated heterocycles. The molecule has 0 atom stereocenters. The SMILES string of the molecule is COCOc1c[c-]c2c(Cl)cccc2c1.FOB(OF)OF.[K+]. The maximum absolute atomic E-state index is 10.4. The van der Waals surface area contributed by atoms with E-state index in [1.54, 1.807) is 13.2 Å². The van der Waals surface area contributed by atoms with Gasteiger partial charge in [-0.05, 0) is 5.02 Å². The Balaban J connectivity index is 0.000000522. The third kappa shape index (κ3) is 8.16. The summed E-state index contributed by atoms with van der Waals surface area (Å²) in [6, 6.07) is 12.5. The van der Waals surface area contributed by atoms with E-state index < -0.39 is 7.32 Å². The maximum atomic E-state index is 10.4.